The van der Waals surface area contributed by atoms with E-state index in [2.05, 4.69) is 46.2 Å². The average Bonchev–Trinajstić information content (AvgIpc) is 3.47. The van der Waals surface area contributed by atoms with Crippen molar-refractivity contribution in [1.82, 2.24) is 4.57 Å². The van der Waals surface area contributed by atoms with E-state index < -0.39 is 60.4 Å². The number of fused-ring (bicyclic) bond motifs is 1. The van der Waals surface area contributed by atoms with Gasteiger partial charge in [0.15, 0.2) is 0 Å². The summed E-state index contributed by atoms with van der Waals surface area (Å²) < 4.78 is 89.4. The molecule has 6 aromatic rings. The summed E-state index contributed by atoms with van der Waals surface area (Å²) in [7, 11) is 0. The highest BCUT2D eigenvalue weighted by Crippen LogP contribution is 2.36. The first-order valence-corrected chi connectivity index (χ1v) is 13.0. The third-order valence-corrected chi connectivity index (χ3v) is 6.93. The van der Waals surface area contributed by atoms with Crippen LogP contribution in [0.2, 0.25) is 0 Å². The Morgan fingerprint density at radius 1 is 0.641 bits per heavy atom. The summed E-state index contributed by atoms with van der Waals surface area (Å²) in [6, 6.07) is 13.8. The molecule has 0 aliphatic carbocycles. The Balaban J connectivity index is 1.85. The monoisotopic (exact) mass is 516 g/mol. The van der Waals surface area contributed by atoms with E-state index in [1.807, 2.05) is 34.9 Å². The largest absolute Gasteiger partial charge is 0.291 e. The minimum absolute atomic E-state index is 0.0848. The van der Waals surface area contributed by atoms with Crippen LogP contribution in [0.5, 0.6) is 0 Å². The maximum absolute atomic E-state index is 8.89. The van der Waals surface area contributed by atoms with Gasteiger partial charge in [-0.05, 0) is 45.2 Å². The molecule has 0 radical (unpaired) electrons. The minimum Gasteiger partial charge on any atom is -0.291 e. The second-order valence-corrected chi connectivity index (χ2v) is 10.1. The Morgan fingerprint density at radius 2 is 1.15 bits per heavy atom. The van der Waals surface area contributed by atoms with Gasteiger partial charge in [-0.1, -0.05) is 149 Å². The van der Waals surface area contributed by atoms with E-state index in [-0.39, 0.29) is 39.8 Å². The number of hydrogen-bond acceptors (Lipinski definition) is 0. The fourth-order valence-electron chi connectivity index (χ4n) is 5.12. The lowest BCUT2D eigenvalue weighted by atomic mass is 9.92. The third-order valence-electron chi connectivity index (χ3n) is 6.93. The van der Waals surface area contributed by atoms with Crippen molar-refractivity contribution >= 4 is 11.0 Å². The lowest BCUT2D eigenvalue weighted by Crippen LogP contribution is -2.31. The summed E-state index contributed by atoms with van der Waals surface area (Å²) in [6.45, 7) is 8.47. The second-order valence-electron chi connectivity index (χ2n) is 10.1. The number of aromatic nitrogens is 2. The van der Waals surface area contributed by atoms with Gasteiger partial charge in [0.05, 0.1) is 36.1 Å². The molecule has 6 rings (SSSR count). The van der Waals surface area contributed by atoms with Crippen LogP contribution in [0.3, 0.4) is 0 Å². The van der Waals surface area contributed by atoms with Gasteiger partial charge < -0.3 is 0 Å². The van der Waals surface area contributed by atoms with Crippen LogP contribution >= 0.6 is 0 Å². The predicted octanol–water partition coefficient (Wildman–Crippen LogP) is 9.29. The van der Waals surface area contributed by atoms with Crippen molar-refractivity contribution in [2.75, 3.05) is 0 Å². The lowest BCUT2D eigenvalue weighted by molar-refractivity contribution is -0.571. The molecule has 0 N–H and O–H groups in total. The Hall–Kier alpha value is -4.43. The van der Waals surface area contributed by atoms with E-state index in [4.69, 9.17) is 13.7 Å². The molecule has 0 spiro atoms. The topological polar surface area (TPSA) is 8.81 Å². The van der Waals surface area contributed by atoms with Crippen LogP contribution in [0.1, 0.15) is 64.4 Å². The van der Waals surface area contributed by atoms with Crippen LogP contribution in [0, 0.1) is 6.33 Å². The first-order chi connectivity index (χ1) is 23.2. The molecule has 0 bridgehead atoms. The summed E-state index contributed by atoms with van der Waals surface area (Å²) in [5, 5.41) is 0. The van der Waals surface area contributed by atoms with Crippen molar-refractivity contribution in [3.05, 3.63) is 139 Å². The van der Waals surface area contributed by atoms with Gasteiger partial charge in [-0.2, -0.15) is 0 Å². The molecule has 2 heteroatoms. The van der Waals surface area contributed by atoms with Gasteiger partial charge in [-0.3, -0.25) is 9.13 Å². The molecular weight excluding hydrogens is 472 g/mol. The Kier molecular flexibility index (Phi) is 4.22. The van der Waals surface area contributed by atoms with Crippen molar-refractivity contribution < 1.29 is 18.3 Å². The smallest absolute Gasteiger partial charge is 0.269 e. The molecule has 1 heterocycles. The molecule has 39 heavy (non-hydrogen) atoms. The van der Waals surface area contributed by atoms with Crippen LogP contribution in [-0.2, 0) is 0 Å². The van der Waals surface area contributed by atoms with Crippen LogP contribution in [0.4, 0.5) is 0 Å². The second kappa shape index (κ2) is 10.4. The first kappa shape index (κ1) is 15.9. The number of imidazole rings is 1. The molecule has 0 aliphatic rings. The van der Waals surface area contributed by atoms with Crippen LogP contribution in [0.25, 0.3) is 44.7 Å². The number of nitrogens with zero attached hydrogens (tertiary/aromatic N) is 2. The number of rotatable bonds is 6. The van der Waals surface area contributed by atoms with Crippen LogP contribution in [-0.4, -0.2) is 4.57 Å². The van der Waals surface area contributed by atoms with E-state index in [1.54, 1.807) is 22.8 Å². The van der Waals surface area contributed by atoms with Crippen molar-refractivity contribution in [2.45, 2.75) is 39.5 Å². The van der Waals surface area contributed by atoms with E-state index in [0.29, 0.717) is 5.52 Å². The molecule has 0 saturated carbocycles. The molecular formula is C37H34N2. The number of hydrogen-bond donors (Lipinski definition) is 0. The third kappa shape index (κ3) is 4.46. The lowest BCUT2D eigenvalue weighted by Gasteiger charge is -2.20. The highest BCUT2D eigenvalue weighted by Gasteiger charge is 2.22. The molecule has 0 aliphatic heterocycles. The van der Waals surface area contributed by atoms with Gasteiger partial charge in [0, 0.05) is 0 Å². The van der Waals surface area contributed by atoms with Crippen molar-refractivity contribution in [2.24, 2.45) is 0 Å². The average molecular weight is 517 g/mol. The summed E-state index contributed by atoms with van der Waals surface area (Å²) >= 11 is 0. The van der Waals surface area contributed by atoms with Crippen molar-refractivity contribution in [3.63, 3.8) is 0 Å². The van der Waals surface area contributed by atoms with E-state index in [1.165, 1.54) is 0 Å². The quantitative estimate of drug-likeness (QED) is 0.154. The molecule has 0 amide bonds. The van der Waals surface area contributed by atoms with Crippen LogP contribution < -0.4 is 4.57 Å². The van der Waals surface area contributed by atoms with E-state index in [9.17, 15) is 0 Å². The number of benzene rings is 5. The van der Waals surface area contributed by atoms with Crippen LogP contribution in [0.15, 0.2) is 121 Å². The van der Waals surface area contributed by atoms with E-state index in [0.717, 1.165) is 22.3 Å². The van der Waals surface area contributed by atoms with Gasteiger partial charge >= 0.3 is 0 Å². The van der Waals surface area contributed by atoms with Gasteiger partial charge in [0.2, 0.25) is 0 Å². The summed E-state index contributed by atoms with van der Waals surface area (Å²) in [4.78, 5) is 0. The zero-order chi connectivity index (χ0) is 35.6. The summed E-state index contributed by atoms with van der Waals surface area (Å²) in [5.74, 6) is 0.299. The van der Waals surface area contributed by atoms with Gasteiger partial charge in [-0.25, -0.2) is 0 Å². The summed E-state index contributed by atoms with van der Waals surface area (Å²) in [6.07, 6.45) is 3.52. The predicted molar refractivity (Wildman–Crippen MR) is 163 cm³/mol. The molecule has 0 saturated heterocycles. The zero-order valence-corrected chi connectivity index (χ0v) is 22.3. The van der Waals surface area contributed by atoms with Crippen molar-refractivity contribution in [1.29, 1.82) is 0 Å². The normalized spacial score (nSPS) is 15.1. The molecule has 0 fully saturated rings. The zero-order valence-electron chi connectivity index (χ0n) is 32.3. The maximum Gasteiger partial charge on any atom is 0.269 e. The first-order valence-electron chi connectivity index (χ1n) is 18.0. The minimum atomic E-state index is -0.538. The number of para-hydroxylation sites is 4. The molecule has 1 aromatic heterocycles. The molecule has 5 aromatic carbocycles. The SMILES string of the molecule is [2H]c1c([2H])c([2H])c(-c2cccc(-c3c([2H])c([2H])c([2H])c([2H])c3[2H])c2-[n+]2[c-]n(-c3c(C(C)C)cccc3C(C)C)c3ccccc32)c([2H])c1[2H]. The van der Waals surface area contributed by atoms with Gasteiger partial charge in [0.1, 0.15) is 0 Å². The fraction of sp³-hybridized carbons (Fsp3) is 0.162. The molecule has 0 unspecified atom stereocenters. The van der Waals surface area contributed by atoms with Gasteiger partial charge in [-0.15, -0.1) is 0 Å². The molecule has 192 valence electrons. The molecule has 0 atom stereocenters. The van der Waals surface area contributed by atoms with Crippen molar-refractivity contribution in [3.8, 4) is 33.6 Å². The standard InChI is InChI=1S/C37H34N2/c1-26(2)30-19-13-20-31(27(3)4)36(30)38-25-39(35-24-12-11-23-34(35)38)37-32(28-15-7-5-8-16-28)21-14-22-33(37)29-17-9-6-10-18-29/h5-24,26-27H,1-4H3/i5D,6D,7D,8D,9D,10D,15D,16D,17D,18D. The highest BCUT2D eigenvalue weighted by atomic mass is 15.1. The Bertz CT molecular complexity index is 2130. The highest BCUT2D eigenvalue weighted by molar-refractivity contribution is 5.84. The molecule has 2 nitrogen and oxygen atoms in total. The summed E-state index contributed by atoms with van der Waals surface area (Å²) in [5.41, 5.74) is 5.02. The maximum atomic E-state index is 8.89. The Labute approximate surface area is 245 Å². The fourth-order valence-corrected chi connectivity index (χ4v) is 5.12. The Morgan fingerprint density at radius 3 is 1.69 bits per heavy atom. The van der Waals surface area contributed by atoms with E-state index >= 15 is 0 Å². The van der Waals surface area contributed by atoms with Gasteiger partial charge in [0.25, 0.3) is 6.33 Å².